The van der Waals surface area contributed by atoms with Gasteiger partial charge in [-0.1, -0.05) is 48.5 Å². The van der Waals surface area contributed by atoms with E-state index < -0.39 is 6.04 Å². The van der Waals surface area contributed by atoms with Crippen molar-refractivity contribution in [3.05, 3.63) is 120 Å². The molecule has 1 aliphatic heterocycles. The summed E-state index contributed by atoms with van der Waals surface area (Å²) in [6.07, 6.45) is 2.34. The molecule has 0 fully saturated rings. The lowest BCUT2D eigenvalue weighted by Gasteiger charge is -2.20. The summed E-state index contributed by atoms with van der Waals surface area (Å²) in [5.74, 6) is -0.00314. The summed E-state index contributed by atoms with van der Waals surface area (Å²) in [7, 11) is 1.76. The molecule has 1 amide bonds. The molecule has 0 aliphatic carbocycles. The van der Waals surface area contributed by atoms with Crippen molar-refractivity contribution >= 4 is 23.1 Å². The molecule has 1 N–H and O–H groups in total. The minimum absolute atomic E-state index is 0.000135. The highest BCUT2D eigenvalue weighted by molar-refractivity contribution is 6.03. The molecule has 1 unspecified atom stereocenters. The fraction of sp³-hybridized carbons (Fsp3) is 0.143. The van der Waals surface area contributed by atoms with E-state index in [-0.39, 0.29) is 11.7 Å². The van der Waals surface area contributed by atoms with Crippen LogP contribution >= 0.6 is 0 Å². The fourth-order valence-corrected chi connectivity index (χ4v) is 4.29. The lowest BCUT2D eigenvalue weighted by atomic mass is 10.0. The van der Waals surface area contributed by atoms with Crippen molar-refractivity contribution < 1.29 is 9.59 Å². The van der Waals surface area contributed by atoms with Gasteiger partial charge in [-0.25, -0.2) is 0 Å². The first-order chi connectivity index (χ1) is 16.1. The second-order valence-corrected chi connectivity index (χ2v) is 8.32. The third kappa shape index (κ3) is 4.17. The summed E-state index contributed by atoms with van der Waals surface area (Å²) < 4.78 is 2.12. The molecule has 0 saturated carbocycles. The van der Waals surface area contributed by atoms with Gasteiger partial charge in [0.1, 0.15) is 6.04 Å². The van der Waals surface area contributed by atoms with E-state index >= 15 is 0 Å². The number of fused-ring (bicyclic) bond motifs is 2. The molecule has 33 heavy (non-hydrogen) atoms. The molecule has 2 heterocycles. The molecule has 1 aliphatic rings. The predicted molar refractivity (Wildman–Crippen MR) is 131 cm³/mol. The average Bonchev–Trinajstić information content (AvgIpc) is 3.24. The molecule has 0 spiro atoms. The zero-order valence-electron chi connectivity index (χ0n) is 18.4. The van der Waals surface area contributed by atoms with Gasteiger partial charge in [0.15, 0.2) is 5.78 Å². The van der Waals surface area contributed by atoms with Crippen LogP contribution in [0.3, 0.4) is 0 Å². The number of rotatable bonds is 5. The molecule has 5 rings (SSSR count). The standard InChI is InChI=1S/C28H25N3O2/c1-30(26(32)18-20-8-3-2-4-9-20)23-15-13-21(14-16-23)28(33)27-25-12-7-17-31(25)19-22-10-5-6-11-24(22)29-27/h2-17,27,29H,18-19H2,1H3. The van der Waals surface area contributed by atoms with Gasteiger partial charge in [0.25, 0.3) is 0 Å². The van der Waals surface area contributed by atoms with Gasteiger partial charge >= 0.3 is 0 Å². The summed E-state index contributed by atoms with van der Waals surface area (Å²) in [6, 6.07) is 28.5. The predicted octanol–water partition coefficient (Wildman–Crippen LogP) is 5.09. The second-order valence-electron chi connectivity index (χ2n) is 8.32. The van der Waals surface area contributed by atoms with Crippen molar-refractivity contribution in [3.8, 4) is 0 Å². The van der Waals surface area contributed by atoms with Crippen molar-refractivity contribution in [2.45, 2.75) is 19.0 Å². The van der Waals surface area contributed by atoms with Gasteiger partial charge in [-0.15, -0.1) is 0 Å². The zero-order chi connectivity index (χ0) is 22.8. The molecule has 5 nitrogen and oxygen atoms in total. The van der Waals surface area contributed by atoms with Crippen LogP contribution < -0.4 is 10.2 Å². The van der Waals surface area contributed by atoms with Crippen molar-refractivity contribution in [2.75, 3.05) is 17.3 Å². The van der Waals surface area contributed by atoms with E-state index in [0.29, 0.717) is 12.0 Å². The number of anilines is 2. The smallest absolute Gasteiger partial charge is 0.231 e. The van der Waals surface area contributed by atoms with Gasteiger partial charge in [-0.05, 0) is 53.6 Å². The van der Waals surface area contributed by atoms with Gasteiger partial charge in [0.05, 0.1) is 6.42 Å². The lowest BCUT2D eigenvalue weighted by molar-refractivity contribution is -0.117. The molecule has 3 aromatic carbocycles. The Bertz CT molecular complexity index is 1290. The number of para-hydroxylation sites is 1. The summed E-state index contributed by atoms with van der Waals surface area (Å²) in [5.41, 5.74) is 5.41. The van der Waals surface area contributed by atoms with E-state index in [0.717, 1.165) is 34.7 Å². The van der Waals surface area contributed by atoms with E-state index in [4.69, 9.17) is 0 Å². The molecule has 1 aromatic heterocycles. The number of nitrogens with zero attached hydrogens (tertiary/aromatic N) is 2. The minimum Gasteiger partial charge on any atom is -0.370 e. The summed E-state index contributed by atoms with van der Waals surface area (Å²) >= 11 is 0. The topological polar surface area (TPSA) is 54.3 Å². The SMILES string of the molecule is CN(C(=O)Cc1ccccc1)c1ccc(C(=O)C2Nc3ccccc3Cn3cccc32)cc1. The number of nitrogens with one attached hydrogen (secondary N) is 1. The minimum atomic E-state index is -0.480. The first-order valence-electron chi connectivity index (χ1n) is 11.0. The van der Waals surface area contributed by atoms with Crippen molar-refractivity contribution in [1.82, 2.24) is 4.57 Å². The van der Waals surface area contributed by atoms with Gasteiger partial charge in [-0.3, -0.25) is 9.59 Å². The Morgan fingerprint density at radius 3 is 2.42 bits per heavy atom. The average molecular weight is 436 g/mol. The van der Waals surface area contributed by atoms with Gasteiger partial charge in [0, 0.05) is 42.4 Å². The first kappa shape index (κ1) is 20.8. The van der Waals surface area contributed by atoms with Crippen molar-refractivity contribution in [2.24, 2.45) is 0 Å². The number of ketones is 1. The monoisotopic (exact) mass is 435 g/mol. The van der Waals surface area contributed by atoms with Gasteiger partial charge in [-0.2, -0.15) is 0 Å². The van der Waals surface area contributed by atoms with Crippen LogP contribution in [-0.4, -0.2) is 23.3 Å². The Morgan fingerprint density at radius 2 is 1.64 bits per heavy atom. The summed E-state index contributed by atoms with van der Waals surface area (Å²) in [5, 5.41) is 3.45. The Labute approximate surface area is 193 Å². The van der Waals surface area contributed by atoms with Crippen LogP contribution in [-0.2, 0) is 17.8 Å². The number of hydrogen-bond acceptors (Lipinski definition) is 3. The van der Waals surface area contributed by atoms with E-state index in [9.17, 15) is 9.59 Å². The molecule has 1 atom stereocenters. The highest BCUT2D eigenvalue weighted by Gasteiger charge is 2.28. The Kier molecular flexibility index (Phi) is 5.53. The van der Waals surface area contributed by atoms with E-state index in [1.165, 1.54) is 0 Å². The van der Waals surface area contributed by atoms with Crippen LogP contribution in [0.4, 0.5) is 11.4 Å². The highest BCUT2D eigenvalue weighted by atomic mass is 16.2. The normalized spacial score (nSPS) is 14.4. The van der Waals surface area contributed by atoms with Crippen LogP contribution in [0.2, 0.25) is 0 Å². The Balaban J connectivity index is 1.36. The molecule has 4 aromatic rings. The number of hydrogen-bond donors (Lipinski definition) is 1. The van der Waals surface area contributed by atoms with Crippen LogP contribution in [0.25, 0.3) is 0 Å². The second kappa shape index (κ2) is 8.79. The number of amides is 1. The number of carbonyl (C=O) groups is 2. The van der Waals surface area contributed by atoms with Gasteiger partial charge in [0.2, 0.25) is 5.91 Å². The molecule has 0 radical (unpaired) electrons. The molecule has 5 heteroatoms. The maximum Gasteiger partial charge on any atom is 0.231 e. The van der Waals surface area contributed by atoms with Crippen molar-refractivity contribution in [1.29, 1.82) is 0 Å². The van der Waals surface area contributed by atoms with Crippen LogP contribution in [0.15, 0.2) is 97.2 Å². The zero-order valence-corrected chi connectivity index (χ0v) is 18.4. The Morgan fingerprint density at radius 1 is 0.909 bits per heavy atom. The maximum atomic E-state index is 13.5. The van der Waals surface area contributed by atoms with E-state index in [1.54, 1.807) is 24.1 Å². The molecular weight excluding hydrogens is 410 g/mol. The number of Topliss-reactive ketones (excluding diaryl/α,β-unsaturated/α-hetero) is 1. The first-order valence-corrected chi connectivity index (χ1v) is 11.0. The van der Waals surface area contributed by atoms with Crippen LogP contribution in [0.1, 0.15) is 33.2 Å². The maximum absolute atomic E-state index is 13.5. The van der Waals surface area contributed by atoms with E-state index in [2.05, 4.69) is 16.0 Å². The third-order valence-corrected chi connectivity index (χ3v) is 6.19. The van der Waals surface area contributed by atoms with Crippen LogP contribution in [0.5, 0.6) is 0 Å². The molecular formula is C28H25N3O2. The summed E-state index contributed by atoms with van der Waals surface area (Å²) in [6.45, 7) is 0.725. The third-order valence-electron chi connectivity index (χ3n) is 6.19. The van der Waals surface area contributed by atoms with Crippen molar-refractivity contribution in [3.63, 3.8) is 0 Å². The number of likely N-dealkylation sites (N-methyl/N-ethyl adjacent to an activating group) is 1. The molecule has 0 saturated heterocycles. The molecule has 164 valence electrons. The Hall–Kier alpha value is -4.12. The lowest BCUT2D eigenvalue weighted by Crippen LogP contribution is -2.28. The quantitative estimate of drug-likeness (QED) is 0.444. The van der Waals surface area contributed by atoms with Gasteiger partial charge < -0.3 is 14.8 Å². The number of aromatic nitrogens is 1. The van der Waals surface area contributed by atoms with Crippen LogP contribution in [0, 0.1) is 0 Å². The number of benzene rings is 3. The molecule has 0 bridgehead atoms. The fourth-order valence-electron chi connectivity index (χ4n) is 4.29. The highest BCUT2D eigenvalue weighted by Crippen LogP contribution is 2.31. The van der Waals surface area contributed by atoms with E-state index in [1.807, 2.05) is 79.0 Å². The largest absolute Gasteiger partial charge is 0.370 e. The number of carbonyl (C=O) groups excluding carboxylic acids is 2. The summed E-state index contributed by atoms with van der Waals surface area (Å²) in [4.78, 5) is 27.8.